The van der Waals surface area contributed by atoms with E-state index in [1.165, 1.54) is 11.8 Å². The number of nitrogens with two attached hydrogens (primary N) is 1. The van der Waals surface area contributed by atoms with E-state index >= 15 is 0 Å². The first-order valence-electron chi connectivity index (χ1n) is 5.46. The number of anilines is 1. The van der Waals surface area contributed by atoms with E-state index in [0.29, 0.717) is 42.8 Å². The second kappa shape index (κ2) is 5.88. The maximum absolute atomic E-state index is 11.9. The SMILES string of the molecule is Nc1cccnc1SCC(=O)N1CCOCC1. The lowest BCUT2D eigenvalue weighted by atomic mass is 10.4. The lowest BCUT2D eigenvalue weighted by Gasteiger charge is -2.26. The average Bonchev–Trinajstić information content (AvgIpc) is 2.38. The smallest absolute Gasteiger partial charge is 0.233 e. The van der Waals surface area contributed by atoms with Crippen molar-refractivity contribution in [3.63, 3.8) is 0 Å². The molecule has 2 rings (SSSR count). The van der Waals surface area contributed by atoms with Crippen LogP contribution in [0.25, 0.3) is 0 Å². The van der Waals surface area contributed by atoms with Gasteiger partial charge in [0.1, 0.15) is 5.03 Å². The number of amides is 1. The molecule has 0 saturated carbocycles. The van der Waals surface area contributed by atoms with Crippen LogP contribution in [-0.2, 0) is 9.53 Å². The molecule has 2 heterocycles. The van der Waals surface area contributed by atoms with Crippen LogP contribution in [0, 0.1) is 0 Å². The summed E-state index contributed by atoms with van der Waals surface area (Å²) in [5, 5.41) is 0.717. The fourth-order valence-electron chi connectivity index (χ4n) is 1.56. The van der Waals surface area contributed by atoms with Crippen LogP contribution >= 0.6 is 11.8 Å². The summed E-state index contributed by atoms with van der Waals surface area (Å²) in [4.78, 5) is 17.8. The fraction of sp³-hybridized carbons (Fsp3) is 0.455. The Morgan fingerprint density at radius 2 is 2.29 bits per heavy atom. The number of morpholine rings is 1. The Balaban J connectivity index is 1.85. The molecule has 6 heteroatoms. The van der Waals surface area contributed by atoms with Gasteiger partial charge in [-0.2, -0.15) is 0 Å². The van der Waals surface area contributed by atoms with Crippen LogP contribution < -0.4 is 5.73 Å². The minimum atomic E-state index is 0.114. The zero-order valence-electron chi connectivity index (χ0n) is 9.46. The number of rotatable bonds is 3. The van der Waals surface area contributed by atoms with Gasteiger partial charge in [0.15, 0.2) is 0 Å². The summed E-state index contributed by atoms with van der Waals surface area (Å²) in [6.45, 7) is 2.61. The monoisotopic (exact) mass is 253 g/mol. The number of carbonyl (C=O) groups excluding carboxylic acids is 1. The van der Waals surface area contributed by atoms with Crippen molar-refractivity contribution < 1.29 is 9.53 Å². The molecule has 0 aliphatic carbocycles. The topological polar surface area (TPSA) is 68.5 Å². The van der Waals surface area contributed by atoms with Crippen LogP contribution in [-0.4, -0.2) is 47.8 Å². The second-order valence-electron chi connectivity index (χ2n) is 3.68. The Bertz CT molecular complexity index is 394. The van der Waals surface area contributed by atoms with Crippen molar-refractivity contribution in [3.05, 3.63) is 18.3 Å². The van der Waals surface area contributed by atoms with E-state index in [1.807, 2.05) is 4.90 Å². The highest BCUT2D eigenvalue weighted by Crippen LogP contribution is 2.21. The molecule has 2 N–H and O–H groups in total. The molecule has 0 radical (unpaired) electrons. The molecule has 1 aromatic heterocycles. The van der Waals surface area contributed by atoms with E-state index in [2.05, 4.69) is 4.98 Å². The maximum atomic E-state index is 11.9. The van der Waals surface area contributed by atoms with Crippen molar-refractivity contribution in [1.82, 2.24) is 9.88 Å². The second-order valence-corrected chi connectivity index (χ2v) is 4.64. The standard InChI is InChI=1S/C11H15N3O2S/c12-9-2-1-3-13-11(9)17-8-10(15)14-4-6-16-7-5-14/h1-3H,4-8,12H2. The van der Waals surface area contributed by atoms with Crippen molar-refractivity contribution in [1.29, 1.82) is 0 Å². The molecule has 1 aromatic rings. The molecule has 17 heavy (non-hydrogen) atoms. The summed E-state index contributed by atoms with van der Waals surface area (Å²) < 4.78 is 5.20. The number of hydrogen-bond donors (Lipinski definition) is 1. The van der Waals surface area contributed by atoms with E-state index < -0.39 is 0 Å². The van der Waals surface area contributed by atoms with E-state index in [9.17, 15) is 4.79 Å². The van der Waals surface area contributed by atoms with E-state index in [4.69, 9.17) is 10.5 Å². The van der Waals surface area contributed by atoms with Gasteiger partial charge in [-0.05, 0) is 12.1 Å². The molecule has 1 fully saturated rings. The molecular weight excluding hydrogens is 238 g/mol. The maximum Gasteiger partial charge on any atom is 0.233 e. The molecular formula is C11H15N3O2S. The van der Waals surface area contributed by atoms with Gasteiger partial charge >= 0.3 is 0 Å². The predicted octanol–water partition coefficient (Wildman–Crippen LogP) is 0.615. The average molecular weight is 253 g/mol. The summed E-state index contributed by atoms with van der Waals surface area (Å²) in [5.41, 5.74) is 6.37. The van der Waals surface area contributed by atoms with Crippen molar-refractivity contribution in [3.8, 4) is 0 Å². The third-order valence-electron chi connectivity index (χ3n) is 2.50. The largest absolute Gasteiger partial charge is 0.397 e. The highest BCUT2D eigenvalue weighted by atomic mass is 32.2. The predicted molar refractivity (Wildman–Crippen MR) is 66.8 cm³/mol. The molecule has 0 spiro atoms. The quantitative estimate of drug-likeness (QED) is 0.800. The number of thioether (sulfide) groups is 1. The Hall–Kier alpha value is -1.27. The van der Waals surface area contributed by atoms with Crippen molar-refractivity contribution in [2.45, 2.75) is 5.03 Å². The Kier molecular flexibility index (Phi) is 4.22. The zero-order valence-corrected chi connectivity index (χ0v) is 10.3. The number of pyridine rings is 1. The normalized spacial score (nSPS) is 15.9. The fourth-order valence-corrected chi connectivity index (χ4v) is 2.37. The van der Waals surface area contributed by atoms with E-state index in [1.54, 1.807) is 18.3 Å². The highest BCUT2D eigenvalue weighted by molar-refractivity contribution is 8.00. The lowest BCUT2D eigenvalue weighted by Crippen LogP contribution is -2.41. The summed E-state index contributed by atoms with van der Waals surface area (Å²) in [5.74, 6) is 0.490. The molecule has 1 aliphatic rings. The summed E-state index contributed by atoms with van der Waals surface area (Å²) in [7, 11) is 0. The van der Waals surface area contributed by atoms with Gasteiger partial charge in [-0.15, -0.1) is 0 Å². The molecule has 0 unspecified atom stereocenters. The third-order valence-corrected chi connectivity index (χ3v) is 3.50. The molecule has 1 saturated heterocycles. The van der Waals surface area contributed by atoms with E-state index in [0.717, 1.165) is 0 Å². The minimum absolute atomic E-state index is 0.114. The summed E-state index contributed by atoms with van der Waals surface area (Å²) in [6.07, 6.45) is 1.68. The minimum Gasteiger partial charge on any atom is -0.397 e. The molecule has 1 aliphatic heterocycles. The molecule has 0 bridgehead atoms. The Labute approximate surface area is 104 Å². The van der Waals surface area contributed by atoms with Crippen LogP contribution in [0.3, 0.4) is 0 Å². The van der Waals surface area contributed by atoms with Crippen molar-refractivity contribution in [2.75, 3.05) is 37.8 Å². The van der Waals surface area contributed by atoms with Gasteiger partial charge in [0.25, 0.3) is 0 Å². The van der Waals surface area contributed by atoms with Crippen molar-refractivity contribution in [2.24, 2.45) is 0 Å². The number of ether oxygens (including phenoxy) is 1. The first-order chi connectivity index (χ1) is 8.27. The van der Waals surface area contributed by atoms with Gasteiger partial charge in [0.2, 0.25) is 5.91 Å². The van der Waals surface area contributed by atoms with Gasteiger partial charge in [0, 0.05) is 19.3 Å². The van der Waals surface area contributed by atoms with Crippen LogP contribution in [0.4, 0.5) is 5.69 Å². The number of hydrogen-bond acceptors (Lipinski definition) is 5. The van der Waals surface area contributed by atoms with Crippen LogP contribution in [0.15, 0.2) is 23.4 Å². The van der Waals surface area contributed by atoms with Crippen molar-refractivity contribution >= 4 is 23.4 Å². The Morgan fingerprint density at radius 1 is 1.53 bits per heavy atom. The highest BCUT2D eigenvalue weighted by Gasteiger charge is 2.17. The zero-order chi connectivity index (χ0) is 12.1. The number of aromatic nitrogens is 1. The number of nitrogens with zero attached hydrogens (tertiary/aromatic N) is 2. The molecule has 0 atom stereocenters. The third kappa shape index (κ3) is 3.34. The van der Waals surface area contributed by atoms with Gasteiger partial charge in [0.05, 0.1) is 24.7 Å². The summed E-state index contributed by atoms with van der Waals surface area (Å²) >= 11 is 1.38. The van der Waals surface area contributed by atoms with E-state index in [-0.39, 0.29) is 5.91 Å². The Morgan fingerprint density at radius 3 is 3.00 bits per heavy atom. The summed E-state index contributed by atoms with van der Waals surface area (Å²) in [6, 6.07) is 3.57. The van der Waals surface area contributed by atoms with Crippen LogP contribution in [0.5, 0.6) is 0 Å². The molecule has 0 aromatic carbocycles. The van der Waals surface area contributed by atoms with Gasteiger partial charge in [-0.3, -0.25) is 4.79 Å². The molecule has 1 amide bonds. The van der Waals surface area contributed by atoms with Gasteiger partial charge in [-0.25, -0.2) is 4.98 Å². The van der Waals surface area contributed by atoms with Gasteiger partial charge in [-0.1, -0.05) is 11.8 Å². The van der Waals surface area contributed by atoms with Gasteiger partial charge < -0.3 is 15.4 Å². The van der Waals surface area contributed by atoms with Crippen LogP contribution in [0.1, 0.15) is 0 Å². The number of carbonyl (C=O) groups is 1. The number of nitrogen functional groups attached to an aromatic ring is 1. The lowest BCUT2D eigenvalue weighted by molar-refractivity contribution is -0.132. The van der Waals surface area contributed by atoms with Crippen LogP contribution in [0.2, 0.25) is 0 Å². The molecule has 92 valence electrons. The first-order valence-corrected chi connectivity index (χ1v) is 6.45. The first kappa shape index (κ1) is 12.2. The molecule has 5 nitrogen and oxygen atoms in total.